The number of halogens is 3. The molecule has 1 aromatic rings. The second kappa shape index (κ2) is 5.74. The Balaban J connectivity index is 2.70. The summed E-state index contributed by atoms with van der Waals surface area (Å²) < 4.78 is 37.4. The third kappa shape index (κ3) is 4.49. The molecule has 0 aliphatic carbocycles. The fraction of sp³-hybridized carbons (Fsp3) is 0.385. The first-order valence-corrected chi connectivity index (χ1v) is 5.26. The first kappa shape index (κ1) is 13.6. The molecule has 0 aliphatic heterocycles. The topological polar surface area (TPSA) is 12.0 Å². The Bertz CT molecular complexity index is 404. The molecule has 0 bridgehead atoms. The van der Waals surface area contributed by atoms with Gasteiger partial charge in [0, 0.05) is 6.04 Å². The van der Waals surface area contributed by atoms with E-state index in [1.807, 2.05) is 6.92 Å². The molecular formula is C13H14F3N. The van der Waals surface area contributed by atoms with Gasteiger partial charge in [0.2, 0.25) is 0 Å². The summed E-state index contributed by atoms with van der Waals surface area (Å²) in [5.74, 6) is 2.43. The van der Waals surface area contributed by atoms with Gasteiger partial charge < -0.3 is 5.32 Å². The van der Waals surface area contributed by atoms with E-state index in [-0.39, 0.29) is 6.04 Å². The van der Waals surface area contributed by atoms with Crippen LogP contribution in [-0.4, -0.2) is 12.6 Å². The number of rotatable bonds is 4. The lowest BCUT2D eigenvalue weighted by Gasteiger charge is -2.13. The van der Waals surface area contributed by atoms with Gasteiger partial charge in [-0.3, -0.25) is 0 Å². The van der Waals surface area contributed by atoms with Crippen LogP contribution in [0.15, 0.2) is 24.3 Å². The molecule has 92 valence electrons. The first-order chi connectivity index (χ1) is 7.93. The molecule has 1 N–H and O–H groups in total. The maximum absolute atomic E-state index is 12.5. The molecule has 0 saturated carbocycles. The van der Waals surface area contributed by atoms with E-state index >= 15 is 0 Å². The predicted molar refractivity (Wildman–Crippen MR) is 61.4 cm³/mol. The molecule has 1 atom stereocenters. The molecule has 1 aromatic carbocycles. The van der Waals surface area contributed by atoms with Crippen LogP contribution in [0, 0.1) is 12.3 Å². The SMILES string of the molecule is C#CCN[C@@H](C)Cc1cccc(C(F)(F)F)c1. The number of alkyl halides is 3. The van der Waals surface area contributed by atoms with Gasteiger partial charge in [-0.25, -0.2) is 0 Å². The van der Waals surface area contributed by atoms with Crippen LogP contribution in [0.3, 0.4) is 0 Å². The lowest BCUT2D eigenvalue weighted by atomic mass is 10.0. The average Bonchev–Trinajstić information content (AvgIpc) is 2.25. The summed E-state index contributed by atoms with van der Waals surface area (Å²) >= 11 is 0. The minimum atomic E-state index is -4.29. The lowest BCUT2D eigenvalue weighted by Crippen LogP contribution is -2.28. The normalized spacial score (nSPS) is 13.1. The molecule has 0 spiro atoms. The van der Waals surface area contributed by atoms with E-state index in [1.54, 1.807) is 6.07 Å². The molecule has 0 fully saturated rings. The summed E-state index contributed by atoms with van der Waals surface area (Å²) in [6.07, 6.45) is 1.32. The highest BCUT2D eigenvalue weighted by molar-refractivity contribution is 5.26. The zero-order valence-electron chi connectivity index (χ0n) is 9.51. The summed E-state index contributed by atoms with van der Waals surface area (Å²) in [7, 11) is 0. The van der Waals surface area contributed by atoms with E-state index in [1.165, 1.54) is 12.1 Å². The van der Waals surface area contributed by atoms with Crippen LogP contribution in [0.25, 0.3) is 0 Å². The number of terminal acetylenes is 1. The zero-order valence-corrected chi connectivity index (χ0v) is 9.51. The molecule has 0 aromatic heterocycles. The second-order valence-corrected chi connectivity index (χ2v) is 3.89. The van der Waals surface area contributed by atoms with Gasteiger partial charge >= 0.3 is 6.18 Å². The van der Waals surface area contributed by atoms with Crippen molar-refractivity contribution >= 4 is 0 Å². The minimum Gasteiger partial charge on any atom is -0.303 e. The molecule has 0 saturated heterocycles. The van der Waals surface area contributed by atoms with Crippen molar-refractivity contribution in [2.75, 3.05) is 6.54 Å². The van der Waals surface area contributed by atoms with E-state index in [0.29, 0.717) is 18.5 Å². The van der Waals surface area contributed by atoms with Crippen LogP contribution in [0.4, 0.5) is 13.2 Å². The highest BCUT2D eigenvalue weighted by Crippen LogP contribution is 2.29. The zero-order chi connectivity index (χ0) is 12.9. The van der Waals surface area contributed by atoms with Crippen molar-refractivity contribution in [2.45, 2.75) is 25.6 Å². The van der Waals surface area contributed by atoms with Gasteiger partial charge in [0.05, 0.1) is 12.1 Å². The summed E-state index contributed by atoms with van der Waals surface area (Å²) in [6.45, 7) is 2.30. The van der Waals surface area contributed by atoms with E-state index in [0.717, 1.165) is 6.07 Å². The summed E-state index contributed by atoms with van der Waals surface area (Å²) in [6, 6.07) is 5.40. The van der Waals surface area contributed by atoms with Crippen LogP contribution in [-0.2, 0) is 12.6 Å². The highest BCUT2D eigenvalue weighted by Gasteiger charge is 2.30. The van der Waals surface area contributed by atoms with Crippen LogP contribution in [0.2, 0.25) is 0 Å². The Morgan fingerprint density at radius 1 is 1.41 bits per heavy atom. The maximum atomic E-state index is 12.5. The molecule has 1 nitrogen and oxygen atoms in total. The molecule has 0 amide bonds. The number of nitrogens with one attached hydrogen (secondary N) is 1. The van der Waals surface area contributed by atoms with E-state index < -0.39 is 11.7 Å². The smallest absolute Gasteiger partial charge is 0.303 e. The summed E-state index contributed by atoms with van der Waals surface area (Å²) in [4.78, 5) is 0. The Kier molecular flexibility index (Phi) is 4.59. The molecule has 1 rings (SSSR count). The third-order valence-corrected chi connectivity index (χ3v) is 2.35. The monoisotopic (exact) mass is 241 g/mol. The maximum Gasteiger partial charge on any atom is 0.416 e. The Labute approximate surface area is 99.0 Å². The largest absolute Gasteiger partial charge is 0.416 e. The van der Waals surface area contributed by atoms with Crippen LogP contribution >= 0.6 is 0 Å². The Hall–Kier alpha value is -1.47. The molecule has 17 heavy (non-hydrogen) atoms. The van der Waals surface area contributed by atoms with E-state index in [9.17, 15) is 13.2 Å². The standard InChI is InChI=1S/C13H14F3N/c1-3-7-17-10(2)8-11-5-4-6-12(9-11)13(14,15)16/h1,4-6,9-10,17H,7-8H2,2H3/t10-/m0/s1. The fourth-order valence-electron chi connectivity index (χ4n) is 1.53. The van der Waals surface area contributed by atoms with Gasteiger partial charge in [0.25, 0.3) is 0 Å². The van der Waals surface area contributed by atoms with Gasteiger partial charge in [-0.05, 0) is 25.0 Å². The van der Waals surface area contributed by atoms with Crippen LogP contribution in [0.5, 0.6) is 0 Å². The van der Waals surface area contributed by atoms with Crippen LogP contribution < -0.4 is 5.32 Å². The first-order valence-electron chi connectivity index (χ1n) is 5.26. The Morgan fingerprint density at radius 3 is 2.71 bits per heavy atom. The van der Waals surface area contributed by atoms with Gasteiger partial charge in [0.1, 0.15) is 0 Å². The van der Waals surface area contributed by atoms with Gasteiger partial charge in [-0.2, -0.15) is 13.2 Å². The van der Waals surface area contributed by atoms with Crippen molar-refractivity contribution in [2.24, 2.45) is 0 Å². The number of hydrogen-bond donors (Lipinski definition) is 1. The summed E-state index contributed by atoms with van der Waals surface area (Å²) in [5, 5.41) is 3.02. The van der Waals surface area contributed by atoms with Gasteiger partial charge in [0.15, 0.2) is 0 Å². The second-order valence-electron chi connectivity index (χ2n) is 3.89. The molecule has 0 aliphatic rings. The van der Waals surface area contributed by atoms with Crippen molar-refractivity contribution in [3.63, 3.8) is 0 Å². The molecular weight excluding hydrogens is 227 g/mol. The van der Waals surface area contributed by atoms with Crippen molar-refractivity contribution in [3.8, 4) is 12.3 Å². The number of hydrogen-bond acceptors (Lipinski definition) is 1. The lowest BCUT2D eigenvalue weighted by molar-refractivity contribution is -0.137. The number of benzene rings is 1. The third-order valence-electron chi connectivity index (χ3n) is 2.35. The molecule has 0 radical (unpaired) electrons. The van der Waals surface area contributed by atoms with Gasteiger partial charge in [-0.1, -0.05) is 24.1 Å². The fourth-order valence-corrected chi connectivity index (χ4v) is 1.53. The van der Waals surface area contributed by atoms with Crippen molar-refractivity contribution in [3.05, 3.63) is 35.4 Å². The van der Waals surface area contributed by atoms with Crippen molar-refractivity contribution in [1.29, 1.82) is 0 Å². The summed E-state index contributed by atoms with van der Waals surface area (Å²) in [5.41, 5.74) is 0.0380. The van der Waals surface area contributed by atoms with Crippen LogP contribution in [0.1, 0.15) is 18.1 Å². The highest BCUT2D eigenvalue weighted by atomic mass is 19.4. The van der Waals surface area contributed by atoms with Gasteiger partial charge in [-0.15, -0.1) is 6.42 Å². The quantitative estimate of drug-likeness (QED) is 0.799. The molecule has 0 unspecified atom stereocenters. The Morgan fingerprint density at radius 2 is 2.12 bits per heavy atom. The molecule has 4 heteroatoms. The van der Waals surface area contributed by atoms with E-state index in [4.69, 9.17) is 6.42 Å². The van der Waals surface area contributed by atoms with Crippen molar-refractivity contribution in [1.82, 2.24) is 5.32 Å². The van der Waals surface area contributed by atoms with Crippen molar-refractivity contribution < 1.29 is 13.2 Å². The average molecular weight is 241 g/mol. The molecule has 0 heterocycles. The predicted octanol–water partition coefficient (Wildman–Crippen LogP) is 2.86. The van der Waals surface area contributed by atoms with E-state index in [2.05, 4.69) is 11.2 Å². The minimum absolute atomic E-state index is 0.0505.